The minimum Gasteiger partial charge on any atom is -0.319 e. The molecule has 1 aromatic heterocycles. The van der Waals surface area contributed by atoms with Crippen LogP contribution < -0.4 is 5.32 Å². The molecule has 0 aliphatic rings. The second kappa shape index (κ2) is 7.55. The fourth-order valence-electron chi connectivity index (χ4n) is 2.50. The number of pyridine rings is 1. The molecule has 0 aliphatic heterocycles. The van der Waals surface area contributed by atoms with E-state index in [1.807, 2.05) is 13.2 Å². The highest BCUT2D eigenvalue weighted by atomic mass is 79.9. The molecule has 2 nitrogen and oxygen atoms in total. The summed E-state index contributed by atoms with van der Waals surface area (Å²) in [5, 5.41) is 3.30. The van der Waals surface area contributed by atoms with E-state index in [-0.39, 0.29) is 0 Å². The van der Waals surface area contributed by atoms with Crippen molar-refractivity contribution >= 4 is 15.9 Å². The summed E-state index contributed by atoms with van der Waals surface area (Å²) in [5.41, 5.74) is 3.89. The zero-order valence-electron chi connectivity index (χ0n) is 12.1. The van der Waals surface area contributed by atoms with E-state index in [2.05, 4.69) is 69.6 Å². The van der Waals surface area contributed by atoms with Crippen molar-refractivity contribution in [2.45, 2.75) is 19.8 Å². The van der Waals surface area contributed by atoms with Gasteiger partial charge in [0.2, 0.25) is 0 Å². The number of hydrogen-bond donors (Lipinski definition) is 1. The lowest BCUT2D eigenvalue weighted by Gasteiger charge is -2.16. The van der Waals surface area contributed by atoms with Crippen LogP contribution in [0, 0.1) is 12.8 Å². The lowest BCUT2D eigenvalue weighted by Crippen LogP contribution is -2.23. The molecule has 106 valence electrons. The van der Waals surface area contributed by atoms with Crippen molar-refractivity contribution in [2.75, 3.05) is 13.6 Å². The Labute approximate surface area is 129 Å². The summed E-state index contributed by atoms with van der Waals surface area (Å²) in [6, 6.07) is 12.9. The van der Waals surface area contributed by atoms with Crippen LogP contribution in [0.15, 0.2) is 47.1 Å². The van der Waals surface area contributed by atoms with Gasteiger partial charge in [0.05, 0.1) is 0 Å². The van der Waals surface area contributed by atoms with Gasteiger partial charge in [0, 0.05) is 16.4 Å². The first-order valence-corrected chi connectivity index (χ1v) is 7.77. The molecule has 3 heteroatoms. The van der Waals surface area contributed by atoms with E-state index in [0.717, 1.165) is 29.6 Å². The summed E-state index contributed by atoms with van der Waals surface area (Å²) in [6.07, 6.45) is 3.96. The minimum absolute atomic E-state index is 0.565. The smallest absolute Gasteiger partial charge is 0.0413 e. The van der Waals surface area contributed by atoms with E-state index in [1.54, 1.807) is 0 Å². The third kappa shape index (κ3) is 4.73. The number of benzene rings is 1. The van der Waals surface area contributed by atoms with E-state index >= 15 is 0 Å². The van der Waals surface area contributed by atoms with Gasteiger partial charge in [-0.05, 0) is 72.9 Å². The number of hydrogen-bond acceptors (Lipinski definition) is 2. The van der Waals surface area contributed by atoms with Crippen molar-refractivity contribution in [2.24, 2.45) is 5.92 Å². The van der Waals surface area contributed by atoms with Crippen LogP contribution in [0.3, 0.4) is 0 Å². The van der Waals surface area contributed by atoms with E-state index in [0.29, 0.717) is 5.92 Å². The molecule has 1 unspecified atom stereocenters. The number of aromatic nitrogens is 1. The van der Waals surface area contributed by atoms with Gasteiger partial charge >= 0.3 is 0 Å². The van der Waals surface area contributed by atoms with Gasteiger partial charge < -0.3 is 5.32 Å². The van der Waals surface area contributed by atoms with Crippen molar-refractivity contribution in [1.82, 2.24) is 10.3 Å². The molecule has 0 aliphatic carbocycles. The number of aryl methyl sites for hydroxylation is 1. The maximum Gasteiger partial charge on any atom is 0.0413 e. The molecule has 0 spiro atoms. The Bertz CT molecular complexity index is 537. The molecule has 20 heavy (non-hydrogen) atoms. The summed E-state index contributed by atoms with van der Waals surface area (Å²) >= 11 is 3.43. The molecule has 1 heterocycles. The second-order valence-electron chi connectivity index (χ2n) is 5.29. The van der Waals surface area contributed by atoms with E-state index in [4.69, 9.17) is 0 Å². The number of nitrogens with one attached hydrogen (secondary N) is 1. The third-order valence-corrected chi connectivity index (χ3v) is 3.86. The average molecular weight is 333 g/mol. The lowest BCUT2D eigenvalue weighted by molar-refractivity contribution is 0.488. The molecule has 0 radical (unpaired) electrons. The fourth-order valence-corrected chi connectivity index (χ4v) is 2.74. The van der Waals surface area contributed by atoms with Crippen molar-refractivity contribution in [3.63, 3.8) is 0 Å². The quantitative estimate of drug-likeness (QED) is 0.870. The number of rotatable bonds is 6. The Hall–Kier alpha value is -1.19. The van der Waals surface area contributed by atoms with Crippen LogP contribution in [-0.4, -0.2) is 18.6 Å². The summed E-state index contributed by atoms with van der Waals surface area (Å²) in [7, 11) is 2.01. The van der Waals surface area contributed by atoms with Crippen molar-refractivity contribution in [3.8, 4) is 0 Å². The minimum atomic E-state index is 0.565. The van der Waals surface area contributed by atoms with E-state index in [9.17, 15) is 0 Å². The van der Waals surface area contributed by atoms with Gasteiger partial charge in [-0.1, -0.05) is 29.8 Å². The van der Waals surface area contributed by atoms with Gasteiger partial charge in [-0.25, -0.2) is 0 Å². The first-order valence-electron chi connectivity index (χ1n) is 6.98. The van der Waals surface area contributed by atoms with Crippen LogP contribution >= 0.6 is 15.9 Å². The normalized spacial score (nSPS) is 12.3. The van der Waals surface area contributed by atoms with Gasteiger partial charge in [-0.2, -0.15) is 0 Å². The third-order valence-electron chi connectivity index (χ3n) is 3.39. The molecular formula is C17H21BrN2. The largest absolute Gasteiger partial charge is 0.319 e. The predicted octanol–water partition coefficient (Wildman–Crippen LogP) is 3.77. The summed E-state index contributed by atoms with van der Waals surface area (Å²) < 4.78 is 1.03. The number of nitrogens with zero attached hydrogens (tertiary/aromatic N) is 1. The molecule has 0 saturated carbocycles. The molecule has 0 bridgehead atoms. The highest BCUT2D eigenvalue weighted by molar-refractivity contribution is 9.10. The van der Waals surface area contributed by atoms with Crippen LogP contribution in [0.4, 0.5) is 0 Å². The topological polar surface area (TPSA) is 24.9 Å². The molecule has 2 rings (SSSR count). The van der Waals surface area contributed by atoms with E-state index < -0.39 is 0 Å². The van der Waals surface area contributed by atoms with Gasteiger partial charge in [-0.15, -0.1) is 0 Å². The van der Waals surface area contributed by atoms with Gasteiger partial charge in [0.1, 0.15) is 0 Å². The van der Waals surface area contributed by atoms with E-state index in [1.165, 1.54) is 11.1 Å². The SMILES string of the molecule is CNCC(Cc1cccc(C)c1)Cc1ccc(Br)cn1. The summed E-state index contributed by atoms with van der Waals surface area (Å²) in [4.78, 5) is 4.48. The van der Waals surface area contributed by atoms with Crippen LogP contribution in [0.2, 0.25) is 0 Å². The molecule has 1 atom stereocenters. The maximum absolute atomic E-state index is 4.48. The first-order chi connectivity index (χ1) is 9.67. The molecule has 0 saturated heterocycles. The van der Waals surface area contributed by atoms with Gasteiger partial charge in [0.25, 0.3) is 0 Å². The Morgan fingerprint density at radius 3 is 2.70 bits per heavy atom. The highest BCUT2D eigenvalue weighted by Crippen LogP contribution is 2.16. The Morgan fingerprint density at radius 1 is 1.20 bits per heavy atom. The Kier molecular flexibility index (Phi) is 5.74. The van der Waals surface area contributed by atoms with Crippen LogP contribution in [0.25, 0.3) is 0 Å². The van der Waals surface area contributed by atoms with Crippen LogP contribution in [-0.2, 0) is 12.8 Å². The zero-order chi connectivity index (χ0) is 14.4. The Balaban J connectivity index is 2.05. The van der Waals surface area contributed by atoms with Crippen LogP contribution in [0.5, 0.6) is 0 Å². The summed E-state index contributed by atoms with van der Waals surface area (Å²) in [6.45, 7) is 3.15. The second-order valence-corrected chi connectivity index (χ2v) is 6.20. The number of halogens is 1. The van der Waals surface area contributed by atoms with Gasteiger partial charge in [-0.3, -0.25) is 4.98 Å². The van der Waals surface area contributed by atoms with Crippen LogP contribution in [0.1, 0.15) is 16.8 Å². The molecule has 2 aromatic rings. The average Bonchev–Trinajstić information content (AvgIpc) is 2.42. The van der Waals surface area contributed by atoms with Crippen molar-refractivity contribution in [1.29, 1.82) is 0 Å². The Morgan fingerprint density at radius 2 is 2.05 bits per heavy atom. The molecule has 1 N–H and O–H groups in total. The first kappa shape index (κ1) is 15.2. The highest BCUT2D eigenvalue weighted by Gasteiger charge is 2.11. The molecule has 0 amide bonds. The monoisotopic (exact) mass is 332 g/mol. The molecular weight excluding hydrogens is 312 g/mol. The maximum atomic E-state index is 4.48. The van der Waals surface area contributed by atoms with Crippen molar-refractivity contribution < 1.29 is 0 Å². The standard InChI is InChI=1S/C17H21BrN2/c1-13-4-3-5-14(8-13)9-15(11-19-2)10-17-7-6-16(18)12-20-17/h3-8,12,15,19H,9-11H2,1-2H3. The van der Waals surface area contributed by atoms with Gasteiger partial charge in [0.15, 0.2) is 0 Å². The molecule has 0 fully saturated rings. The fraction of sp³-hybridized carbons (Fsp3) is 0.353. The zero-order valence-corrected chi connectivity index (χ0v) is 13.7. The van der Waals surface area contributed by atoms with Crippen molar-refractivity contribution in [3.05, 3.63) is 63.9 Å². The summed E-state index contributed by atoms with van der Waals surface area (Å²) in [5.74, 6) is 0.565. The molecule has 1 aromatic carbocycles. The predicted molar refractivity (Wildman–Crippen MR) is 87.9 cm³/mol. The lowest BCUT2D eigenvalue weighted by atomic mass is 9.93.